The van der Waals surface area contributed by atoms with Crippen molar-refractivity contribution in [3.63, 3.8) is 0 Å². The maximum atomic E-state index is 12.4. The average molecular weight is 304 g/mol. The molecule has 0 spiro atoms. The molecule has 1 atom stereocenters. The van der Waals surface area contributed by atoms with Crippen LogP contribution in [0.1, 0.15) is 48.6 Å². The molecular weight excluding hydrogens is 288 g/mol. The molecule has 1 aliphatic rings. The second-order valence-corrected chi connectivity index (χ2v) is 6.56. The third-order valence-corrected chi connectivity index (χ3v) is 4.99. The Hall–Kier alpha value is -2.08. The smallest absolute Gasteiger partial charge is 0.356 e. The highest BCUT2D eigenvalue weighted by atomic mass is 32.1. The highest BCUT2D eigenvalue weighted by Crippen LogP contribution is 2.38. The predicted molar refractivity (Wildman–Crippen MR) is 81.0 cm³/mol. The van der Waals surface area contributed by atoms with Crippen molar-refractivity contribution in [2.75, 3.05) is 12.8 Å². The number of esters is 1. The fourth-order valence-electron chi connectivity index (χ4n) is 2.82. The second-order valence-electron chi connectivity index (χ2n) is 5.24. The molecule has 2 aromatic heterocycles. The largest absolute Gasteiger partial charge is 0.464 e. The van der Waals surface area contributed by atoms with Crippen LogP contribution in [0.2, 0.25) is 0 Å². The van der Waals surface area contributed by atoms with Gasteiger partial charge < -0.3 is 15.5 Å². The fourth-order valence-corrected chi connectivity index (χ4v) is 3.80. The molecule has 3 N–H and O–H groups in total. The normalized spacial score (nSPS) is 17.6. The van der Waals surface area contributed by atoms with Gasteiger partial charge >= 0.3 is 5.97 Å². The summed E-state index contributed by atoms with van der Waals surface area (Å²) < 4.78 is 4.69. The number of ether oxygens (including phenoxy) is 1. The summed E-state index contributed by atoms with van der Waals surface area (Å²) in [5.41, 5.74) is 7.51. The molecule has 0 saturated carbocycles. The number of H-pyrrole nitrogens is 1. The number of carbonyl (C=O) groups is 2. The van der Waals surface area contributed by atoms with Crippen LogP contribution in [0.3, 0.4) is 0 Å². The van der Waals surface area contributed by atoms with E-state index in [-0.39, 0.29) is 23.1 Å². The molecule has 6 heteroatoms. The summed E-state index contributed by atoms with van der Waals surface area (Å²) in [6, 6.07) is 4.12. The topological polar surface area (TPSA) is 85.2 Å². The summed E-state index contributed by atoms with van der Waals surface area (Å²) >= 11 is 1.70. The molecular formula is C15H16N2O3S. The Bertz CT molecular complexity index is 729. The molecule has 0 fully saturated rings. The van der Waals surface area contributed by atoms with Gasteiger partial charge in [-0.1, -0.05) is 0 Å². The summed E-state index contributed by atoms with van der Waals surface area (Å²) in [6.07, 6.45) is 1.11. The van der Waals surface area contributed by atoms with Crippen LogP contribution >= 0.6 is 11.3 Å². The van der Waals surface area contributed by atoms with E-state index in [0.717, 1.165) is 5.69 Å². The highest BCUT2D eigenvalue weighted by Gasteiger charge is 2.33. The van der Waals surface area contributed by atoms with Gasteiger partial charge in [-0.3, -0.25) is 4.79 Å². The van der Waals surface area contributed by atoms with Crippen molar-refractivity contribution in [1.29, 1.82) is 0 Å². The number of methoxy groups -OCH3 is 1. The van der Waals surface area contributed by atoms with Crippen molar-refractivity contribution < 1.29 is 14.3 Å². The van der Waals surface area contributed by atoms with Crippen molar-refractivity contribution in [1.82, 2.24) is 4.98 Å². The monoisotopic (exact) mass is 304 g/mol. The van der Waals surface area contributed by atoms with Crippen LogP contribution in [0.4, 0.5) is 5.69 Å². The molecule has 0 aliphatic heterocycles. The van der Waals surface area contributed by atoms with Gasteiger partial charge in [0, 0.05) is 27.8 Å². The first kappa shape index (κ1) is 13.9. The molecule has 110 valence electrons. The van der Waals surface area contributed by atoms with E-state index in [2.05, 4.69) is 21.9 Å². The summed E-state index contributed by atoms with van der Waals surface area (Å²) in [5.74, 6) is -0.415. The number of hydrogen-bond acceptors (Lipinski definition) is 5. The second kappa shape index (κ2) is 5.04. The van der Waals surface area contributed by atoms with Crippen LogP contribution < -0.4 is 5.73 Å². The lowest BCUT2D eigenvalue weighted by molar-refractivity contribution is 0.0595. The van der Waals surface area contributed by atoms with E-state index in [0.29, 0.717) is 18.4 Å². The van der Waals surface area contributed by atoms with Gasteiger partial charge in [0.2, 0.25) is 0 Å². The number of thiophene rings is 1. The van der Waals surface area contributed by atoms with E-state index in [9.17, 15) is 9.59 Å². The molecule has 21 heavy (non-hydrogen) atoms. The molecule has 5 nitrogen and oxygen atoms in total. The Morgan fingerprint density at radius 3 is 2.81 bits per heavy atom. The van der Waals surface area contributed by atoms with E-state index < -0.39 is 5.97 Å². The van der Waals surface area contributed by atoms with Crippen LogP contribution in [0.15, 0.2) is 12.1 Å². The first-order valence-electron chi connectivity index (χ1n) is 6.69. The number of aryl methyl sites for hydroxylation is 1. The molecule has 2 heterocycles. The number of ketones is 1. The van der Waals surface area contributed by atoms with Crippen molar-refractivity contribution in [2.24, 2.45) is 0 Å². The van der Waals surface area contributed by atoms with Crippen LogP contribution in [0.25, 0.3) is 0 Å². The predicted octanol–water partition coefficient (Wildman–Crippen LogP) is 2.67. The number of nitrogen functional groups attached to an aromatic ring is 1. The minimum Gasteiger partial charge on any atom is -0.464 e. The number of carbonyl (C=O) groups excluding carboxylic acids is 2. The third kappa shape index (κ3) is 2.25. The molecule has 0 unspecified atom stereocenters. The number of aromatic nitrogens is 1. The van der Waals surface area contributed by atoms with Crippen molar-refractivity contribution in [2.45, 2.75) is 25.7 Å². The number of aromatic amines is 1. The van der Waals surface area contributed by atoms with Gasteiger partial charge in [0.1, 0.15) is 5.69 Å². The molecule has 3 rings (SSSR count). The van der Waals surface area contributed by atoms with Gasteiger partial charge in [0.05, 0.1) is 18.4 Å². The molecule has 0 radical (unpaired) electrons. The average Bonchev–Trinajstić information content (AvgIpc) is 3.02. The van der Waals surface area contributed by atoms with E-state index in [1.165, 1.54) is 16.9 Å². The maximum Gasteiger partial charge on any atom is 0.356 e. The SMILES string of the molecule is COC(=O)c1[nH]c2c(c1N)C(=O)C[C@H](c1ccc(C)s1)C2. The van der Waals surface area contributed by atoms with Crippen molar-refractivity contribution in [3.05, 3.63) is 38.8 Å². The lowest BCUT2D eigenvalue weighted by atomic mass is 9.85. The number of Topliss-reactive ketones (excluding diaryl/α,β-unsaturated/α-hetero) is 1. The summed E-state index contributed by atoms with van der Waals surface area (Å²) in [5, 5.41) is 0. The number of nitrogens with two attached hydrogens (primary N) is 1. The van der Waals surface area contributed by atoms with E-state index >= 15 is 0 Å². The van der Waals surface area contributed by atoms with E-state index in [1.54, 1.807) is 11.3 Å². The molecule has 2 aromatic rings. The van der Waals surface area contributed by atoms with Crippen molar-refractivity contribution in [3.8, 4) is 0 Å². The molecule has 0 aromatic carbocycles. The maximum absolute atomic E-state index is 12.4. The fraction of sp³-hybridized carbons (Fsp3) is 0.333. The molecule has 1 aliphatic carbocycles. The van der Waals surface area contributed by atoms with Gasteiger partial charge in [-0.25, -0.2) is 4.79 Å². The first-order chi connectivity index (χ1) is 10.0. The van der Waals surface area contributed by atoms with Crippen LogP contribution in [-0.4, -0.2) is 23.8 Å². The Morgan fingerprint density at radius 2 is 2.19 bits per heavy atom. The van der Waals surface area contributed by atoms with Gasteiger partial charge in [-0.2, -0.15) is 0 Å². The number of hydrogen-bond donors (Lipinski definition) is 2. The zero-order valence-electron chi connectivity index (χ0n) is 11.9. The summed E-state index contributed by atoms with van der Waals surface area (Å²) in [6.45, 7) is 2.05. The molecule has 0 saturated heterocycles. The zero-order valence-corrected chi connectivity index (χ0v) is 12.7. The number of fused-ring (bicyclic) bond motifs is 1. The van der Waals surface area contributed by atoms with Crippen LogP contribution in [0, 0.1) is 6.92 Å². The Kier molecular flexibility index (Phi) is 3.33. The van der Waals surface area contributed by atoms with Gasteiger partial charge in [-0.05, 0) is 25.5 Å². The Morgan fingerprint density at radius 1 is 1.43 bits per heavy atom. The minimum atomic E-state index is -0.543. The van der Waals surface area contributed by atoms with Crippen LogP contribution in [0.5, 0.6) is 0 Å². The summed E-state index contributed by atoms with van der Waals surface area (Å²) in [4.78, 5) is 29.4. The van der Waals surface area contributed by atoms with E-state index in [1.807, 2.05) is 6.92 Å². The minimum absolute atomic E-state index is 0.0174. The summed E-state index contributed by atoms with van der Waals surface area (Å²) in [7, 11) is 1.29. The number of rotatable bonds is 2. The standard InChI is InChI=1S/C15H16N2O3S/c1-7-3-4-11(21-7)8-5-9-12(10(18)6-8)13(16)14(17-9)15(19)20-2/h3-4,8,17H,5-6,16H2,1-2H3/t8-/m1/s1. The van der Waals surface area contributed by atoms with Gasteiger partial charge in [0.25, 0.3) is 0 Å². The molecule has 0 bridgehead atoms. The van der Waals surface area contributed by atoms with Crippen LogP contribution in [-0.2, 0) is 11.2 Å². The lowest BCUT2D eigenvalue weighted by Crippen LogP contribution is -2.18. The zero-order chi connectivity index (χ0) is 15.1. The Balaban J connectivity index is 1.99. The van der Waals surface area contributed by atoms with Gasteiger partial charge in [0.15, 0.2) is 5.78 Å². The number of anilines is 1. The number of nitrogens with one attached hydrogen (secondary N) is 1. The Labute approximate surface area is 126 Å². The quantitative estimate of drug-likeness (QED) is 0.835. The molecule has 0 amide bonds. The first-order valence-corrected chi connectivity index (χ1v) is 7.51. The lowest BCUT2D eigenvalue weighted by Gasteiger charge is -2.20. The van der Waals surface area contributed by atoms with Gasteiger partial charge in [-0.15, -0.1) is 11.3 Å². The third-order valence-electron chi connectivity index (χ3n) is 3.83. The highest BCUT2D eigenvalue weighted by molar-refractivity contribution is 7.12. The van der Waals surface area contributed by atoms with E-state index in [4.69, 9.17) is 5.73 Å². The van der Waals surface area contributed by atoms with Crippen molar-refractivity contribution >= 4 is 28.8 Å².